The van der Waals surface area contributed by atoms with Gasteiger partial charge < -0.3 is 32.5 Å². The molecule has 28 heavy (non-hydrogen) atoms. The number of amides is 3. The molecule has 152 valence electrons. The molecule has 8 N–H and O–H groups in total. The van der Waals surface area contributed by atoms with Crippen LogP contribution < -0.4 is 27.4 Å². The van der Waals surface area contributed by atoms with Gasteiger partial charge >= 0.3 is 5.97 Å². The molecule has 0 aromatic heterocycles. The Balaban J connectivity index is 2.66. The zero-order valence-electron chi connectivity index (χ0n) is 15.2. The number of aliphatic imine (C=N–C) groups is 1. The van der Waals surface area contributed by atoms with Gasteiger partial charge in [0, 0.05) is 12.1 Å². The summed E-state index contributed by atoms with van der Waals surface area (Å²) >= 11 is 0. The first kappa shape index (κ1) is 22.4. The molecule has 0 radical (unpaired) electrons. The van der Waals surface area contributed by atoms with Crippen LogP contribution in [0, 0.1) is 0 Å². The van der Waals surface area contributed by atoms with Crippen LogP contribution in [0.5, 0.6) is 0 Å². The van der Waals surface area contributed by atoms with Crippen LogP contribution in [-0.2, 0) is 14.4 Å². The van der Waals surface area contributed by atoms with E-state index in [2.05, 4.69) is 20.9 Å². The van der Waals surface area contributed by atoms with Crippen molar-refractivity contribution in [1.29, 1.82) is 0 Å². The zero-order chi connectivity index (χ0) is 20.9. The van der Waals surface area contributed by atoms with E-state index in [1.54, 1.807) is 30.3 Å². The summed E-state index contributed by atoms with van der Waals surface area (Å²) in [6, 6.07) is 7.41. The summed E-state index contributed by atoms with van der Waals surface area (Å²) in [5, 5.41) is 15.6. The minimum atomic E-state index is -1.20. The first-order chi connectivity index (χ1) is 13.3. The first-order valence-corrected chi connectivity index (χ1v) is 8.47. The number of aliphatic carboxylic acids is 1. The van der Waals surface area contributed by atoms with E-state index in [9.17, 15) is 19.2 Å². The lowest BCUT2D eigenvalue weighted by Gasteiger charge is -2.18. The van der Waals surface area contributed by atoms with Crippen molar-refractivity contribution in [3.63, 3.8) is 0 Å². The van der Waals surface area contributed by atoms with Crippen molar-refractivity contribution in [2.24, 2.45) is 16.5 Å². The molecule has 0 bridgehead atoms. The lowest BCUT2D eigenvalue weighted by molar-refractivity contribution is -0.137. The predicted octanol–water partition coefficient (Wildman–Crippen LogP) is -1.84. The van der Waals surface area contributed by atoms with Gasteiger partial charge in [0.05, 0.1) is 6.54 Å². The second kappa shape index (κ2) is 11.9. The molecule has 1 aromatic rings. The van der Waals surface area contributed by atoms with E-state index in [0.717, 1.165) is 0 Å². The molecule has 0 heterocycles. The largest absolute Gasteiger partial charge is 0.480 e. The number of nitrogens with zero attached hydrogens (tertiary/aromatic N) is 1. The number of nitrogens with one attached hydrogen (secondary N) is 3. The predicted molar refractivity (Wildman–Crippen MR) is 101 cm³/mol. The lowest BCUT2D eigenvalue weighted by Crippen LogP contribution is -2.49. The molecule has 0 aliphatic rings. The van der Waals surface area contributed by atoms with Crippen molar-refractivity contribution in [3.05, 3.63) is 35.9 Å². The van der Waals surface area contributed by atoms with E-state index in [1.165, 1.54) is 0 Å². The average Bonchev–Trinajstić information content (AvgIpc) is 2.67. The number of carbonyl (C=O) groups excluding carboxylic acids is 3. The quantitative estimate of drug-likeness (QED) is 0.145. The summed E-state index contributed by atoms with van der Waals surface area (Å²) < 4.78 is 0. The van der Waals surface area contributed by atoms with Crippen molar-refractivity contribution < 1.29 is 24.3 Å². The van der Waals surface area contributed by atoms with Crippen molar-refractivity contribution in [2.75, 3.05) is 19.6 Å². The van der Waals surface area contributed by atoms with Gasteiger partial charge in [-0.2, -0.15) is 0 Å². The maximum absolute atomic E-state index is 12.4. The molecule has 0 saturated carbocycles. The van der Waals surface area contributed by atoms with Crippen LogP contribution in [0.2, 0.25) is 0 Å². The monoisotopic (exact) mass is 392 g/mol. The topological polar surface area (TPSA) is 189 Å². The highest BCUT2D eigenvalue weighted by Crippen LogP contribution is 2.03. The molecule has 1 atom stereocenters. The third-order valence-corrected chi connectivity index (χ3v) is 3.46. The van der Waals surface area contributed by atoms with E-state index in [1.807, 2.05) is 0 Å². The van der Waals surface area contributed by atoms with Gasteiger partial charge in [-0.05, 0) is 25.0 Å². The zero-order valence-corrected chi connectivity index (χ0v) is 15.2. The Kier molecular flexibility index (Phi) is 9.51. The summed E-state index contributed by atoms with van der Waals surface area (Å²) in [4.78, 5) is 50.5. The molecule has 3 amide bonds. The van der Waals surface area contributed by atoms with Gasteiger partial charge in [-0.3, -0.25) is 24.2 Å². The number of nitrogens with two attached hydrogens (primary N) is 2. The number of rotatable bonds is 11. The van der Waals surface area contributed by atoms with Gasteiger partial charge in [-0.1, -0.05) is 18.2 Å². The van der Waals surface area contributed by atoms with Gasteiger partial charge in [-0.25, -0.2) is 0 Å². The number of carbonyl (C=O) groups is 4. The average molecular weight is 392 g/mol. The Morgan fingerprint density at radius 1 is 1.04 bits per heavy atom. The number of carboxylic acids is 1. The second-order valence-corrected chi connectivity index (χ2v) is 5.73. The van der Waals surface area contributed by atoms with Gasteiger partial charge in [0.2, 0.25) is 11.8 Å². The van der Waals surface area contributed by atoms with Crippen molar-refractivity contribution in [3.8, 4) is 0 Å². The lowest BCUT2D eigenvalue weighted by atomic mass is 10.1. The van der Waals surface area contributed by atoms with Crippen LogP contribution in [0.4, 0.5) is 0 Å². The Labute approximate surface area is 161 Å². The summed E-state index contributed by atoms with van der Waals surface area (Å²) in [6.07, 6.45) is 0.647. The molecule has 0 fully saturated rings. The molecule has 1 rings (SSSR count). The third-order valence-electron chi connectivity index (χ3n) is 3.46. The Bertz CT molecular complexity index is 718. The summed E-state index contributed by atoms with van der Waals surface area (Å²) in [6.45, 7) is -0.703. The van der Waals surface area contributed by atoms with Crippen molar-refractivity contribution in [2.45, 2.75) is 18.9 Å². The smallest absolute Gasteiger partial charge is 0.322 e. The maximum Gasteiger partial charge on any atom is 0.322 e. The highest BCUT2D eigenvalue weighted by Gasteiger charge is 2.21. The highest BCUT2D eigenvalue weighted by molar-refractivity contribution is 5.98. The van der Waals surface area contributed by atoms with E-state index < -0.39 is 42.8 Å². The van der Waals surface area contributed by atoms with E-state index in [-0.39, 0.29) is 18.9 Å². The SMILES string of the molecule is NC(N)=NCCC[C@@H](NC(=O)c1ccccc1)C(=O)NCC(=O)NCC(=O)O. The fourth-order valence-electron chi connectivity index (χ4n) is 2.13. The van der Waals surface area contributed by atoms with Crippen LogP contribution in [-0.4, -0.2) is 60.4 Å². The Morgan fingerprint density at radius 3 is 2.32 bits per heavy atom. The minimum Gasteiger partial charge on any atom is -0.480 e. The summed E-state index contributed by atoms with van der Waals surface area (Å²) in [5.41, 5.74) is 10.9. The van der Waals surface area contributed by atoms with Gasteiger partial charge in [0.1, 0.15) is 12.6 Å². The molecule has 0 spiro atoms. The summed E-state index contributed by atoms with van der Waals surface area (Å²) in [7, 11) is 0. The minimum absolute atomic E-state index is 0.0792. The van der Waals surface area contributed by atoms with Gasteiger partial charge in [0.25, 0.3) is 5.91 Å². The molecule has 0 saturated heterocycles. The number of carboxylic acid groups (broad SMARTS) is 1. The molecule has 1 aromatic carbocycles. The second-order valence-electron chi connectivity index (χ2n) is 5.73. The summed E-state index contributed by atoms with van der Waals surface area (Å²) in [5.74, 6) is -2.97. The van der Waals surface area contributed by atoms with E-state index in [0.29, 0.717) is 12.0 Å². The van der Waals surface area contributed by atoms with E-state index in [4.69, 9.17) is 16.6 Å². The molecule has 11 nitrogen and oxygen atoms in total. The molecular formula is C17H24N6O5. The van der Waals surface area contributed by atoms with Gasteiger partial charge in [0.15, 0.2) is 5.96 Å². The van der Waals surface area contributed by atoms with Gasteiger partial charge in [-0.15, -0.1) is 0 Å². The molecular weight excluding hydrogens is 368 g/mol. The van der Waals surface area contributed by atoms with Crippen LogP contribution in [0.1, 0.15) is 23.2 Å². The molecule has 0 unspecified atom stereocenters. The fourth-order valence-corrected chi connectivity index (χ4v) is 2.13. The Hall–Kier alpha value is -3.63. The van der Waals surface area contributed by atoms with Crippen molar-refractivity contribution >= 4 is 29.7 Å². The van der Waals surface area contributed by atoms with Crippen LogP contribution in [0.3, 0.4) is 0 Å². The normalized spacial score (nSPS) is 11.0. The first-order valence-electron chi connectivity index (χ1n) is 8.47. The molecule has 0 aliphatic heterocycles. The Morgan fingerprint density at radius 2 is 1.71 bits per heavy atom. The third kappa shape index (κ3) is 9.17. The number of guanidine groups is 1. The number of hydrogen-bond donors (Lipinski definition) is 6. The van der Waals surface area contributed by atoms with E-state index >= 15 is 0 Å². The standard InChI is InChI=1S/C17H24N6O5/c18-17(19)20-8-4-7-12(23-15(27)11-5-2-1-3-6-11)16(28)22-9-13(24)21-10-14(25)26/h1-3,5-6,12H,4,7-10H2,(H,21,24)(H,22,28)(H,23,27)(H,25,26)(H4,18,19,20)/t12-/m1/s1. The van der Waals surface area contributed by atoms with Crippen LogP contribution in [0.15, 0.2) is 35.3 Å². The maximum atomic E-state index is 12.4. The van der Waals surface area contributed by atoms with Crippen LogP contribution in [0.25, 0.3) is 0 Å². The fraction of sp³-hybridized carbons (Fsp3) is 0.353. The molecule has 11 heteroatoms. The van der Waals surface area contributed by atoms with Crippen LogP contribution >= 0.6 is 0 Å². The highest BCUT2D eigenvalue weighted by atomic mass is 16.4. The number of benzene rings is 1. The number of hydrogen-bond acceptors (Lipinski definition) is 5. The molecule has 0 aliphatic carbocycles. The van der Waals surface area contributed by atoms with Crippen molar-refractivity contribution in [1.82, 2.24) is 16.0 Å².